The third kappa shape index (κ3) is 4.63. The van der Waals surface area contributed by atoms with E-state index in [0.29, 0.717) is 25.2 Å². The number of hydrogen-bond donors (Lipinski definition) is 0. The first kappa shape index (κ1) is 17.6. The van der Waals surface area contributed by atoms with Crippen molar-refractivity contribution in [3.63, 3.8) is 0 Å². The molecule has 2 aromatic rings. The van der Waals surface area contributed by atoms with Crippen LogP contribution in [0.3, 0.4) is 0 Å². The van der Waals surface area contributed by atoms with Gasteiger partial charge in [-0.15, -0.1) is 34.4 Å². The molecule has 0 saturated carbocycles. The Labute approximate surface area is 150 Å². The van der Waals surface area contributed by atoms with Crippen LogP contribution in [0, 0.1) is 3.14 Å². The lowest BCUT2D eigenvalue weighted by atomic mass is 10.1. The first-order valence-corrected chi connectivity index (χ1v) is 9.64. The van der Waals surface area contributed by atoms with Crippen LogP contribution in [0.25, 0.3) is 0 Å². The number of benzene rings is 1. The largest absolute Gasteiger partial charge is 0.462 e. The van der Waals surface area contributed by atoms with Crippen molar-refractivity contribution in [1.29, 1.82) is 0 Å². The van der Waals surface area contributed by atoms with E-state index in [4.69, 9.17) is 28.6 Å². The zero-order valence-electron chi connectivity index (χ0n) is 11.5. The molecule has 0 saturated heterocycles. The molecule has 2 rings (SSSR count). The summed E-state index contributed by atoms with van der Waals surface area (Å²) in [5.74, 6) is -0.183. The van der Waals surface area contributed by atoms with Crippen LogP contribution in [0.1, 0.15) is 27.0 Å². The van der Waals surface area contributed by atoms with Gasteiger partial charge in [0.2, 0.25) is 0 Å². The van der Waals surface area contributed by atoms with E-state index in [-0.39, 0.29) is 17.5 Å². The van der Waals surface area contributed by atoms with Gasteiger partial charge in [-0.2, -0.15) is 0 Å². The second-order valence-electron chi connectivity index (χ2n) is 4.01. The van der Waals surface area contributed by atoms with Crippen LogP contribution in [0.15, 0.2) is 28.5 Å². The second-order valence-corrected chi connectivity index (χ2v) is 8.92. The lowest BCUT2D eigenvalue weighted by Crippen LogP contribution is -2.05. The maximum atomic E-state index is 12.1. The lowest BCUT2D eigenvalue weighted by molar-refractivity contribution is 0.0528. The van der Waals surface area contributed by atoms with Gasteiger partial charge in [0.05, 0.1) is 16.6 Å². The number of rotatable bonds is 6. The zero-order chi connectivity index (χ0) is 16.1. The Hall–Kier alpha value is -0.730. The van der Waals surface area contributed by atoms with Crippen molar-refractivity contribution in [2.75, 3.05) is 12.4 Å². The molecule has 0 aliphatic carbocycles. The summed E-state index contributed by atoms with van der Waals surface area (Å²) in [4.78, 5) is 24.5. The summed E-state index contributed by atoms with van der Waals surface area (Å²) in [6.45, 7) is 2.06. The van der Waals surface area contributed by atoms with E-state index in [0.717, 1.165) is 4.21 Å². The van der Waals surface area contributed by atoms with Crippen molar-refractivity contribution in [1.82, 2.24) is 0 Å². The number of hydrogen-bond acceptors (Lipinski definition) is 7. The van der Waals surface area contributed by atoms with E-state index in [1.165, 1.54) is 34.4 Å². The molecule has 3 nitrogen and oxygen atoms in total. The van der Waals surface area contributed by atoms with Gasteiger partial charge >= 0.3 is 5.97 Å². The molecule has 0 radical (unpaired) electrons. The first-order chi connectivity index (χ1) is 10.5. The molecule has 1 heterocycles. The lowest BCUT2D eigenvalue weighted by Gasteiger charge is -2.03. The van der Waals surface area contributed by atoms with Crippen molar-refractivity contribution in [3.05, 3.63) is 42.9 Å². The smallest absolute Gasteiger partial charge is 0.350 e. The van der Waals surface area contributed by atoms with E-state index in [1.54, 1.807) is 31.2 Å². The number of ether oxygens (including phenoxy) is 1. The fourth-order valence-corrected chi connectivity index (χ4v) is 5.72. The number of ketones is 1. The Morgan fingerprint density at radius 3 is 2.59 bits per heavy atom. The number of halogens is 1. The predicted molar refractivity (Wildman–Crippen MR) is 95.5 cm³/mol. The molecule has 0 spiro atoms. The molecule has 116 valence electrons. The van der Waals surface area contributed by atoms with Gasteiger partial charge in [0.15, 0.2) is 5.78 Å². The van der Waals surface area contributed by atoms with E-state index in [2.05, 4.69) is 0 Å². The van der Waals surface area contributed by atoms with Crippen molar-refractivity contribution in [2.24, 2.45) is 0 Å². The van der Waals surface area contributed by atoms with E-state index < -0.39 is 0 Å². The van der Waals surface area contributed by atoms with E-state index in [9.17, 15) is 9.59 Å². The summed E-state index contributed by atoms with van der Waals surface area (Å²) >= 11 is 14.8. The topological polar surface area (TPSA) is 43.4 Å². The summed E-state index contributed by atoms with van der Waals surface area (Å²) in [6, 6.07) is 6.73. The van der Waals surface area contributed by atoms with Crippen molar-refractivity contribution in [3.8, 4) is 0 Å². The molecule has 0 aliphatic heterocycles. The molecular formula is C14H11ClO3S4. The number of carbonyl (C=O) groups is 2. The molecule has 22 heavy (non-hydrogen) atoms. The van der Waals surface area contributed by atoms with Gasteiger partial charge in [-0.3, -0.25) is 4.79 Å². The molecule has 0 atom stereocenters. The summed E-state index contributed by atoms with van der Waals surface area (Å²) in [5.41, 5.74) is 0.591. The molecule has 0 fully saturated rings. The molecule has 8 heteroatoms. The number of esters is 1. The van der Waals surface area contributed by atoms with Crippen LogP contribution in [0.2, 0.25) is 5.02 Å². The average molecular weight is 391 g/mol. The molecular weight excluding hydrogens is 380 g/mol. The van der Waals surface area contributed by atoms with E-state index in [1.807, 2.05) is 0 Å². The molecule has 0 N–H and O–H groups in total. The minimum atomic E-state index is -0.388. The maximum Gasteiger partial charge on any atom is 0.350 e. The van der Waals surface area contributed by atoms with Crippen LogP contribution in [-0.4, -0.2) is 24.1 Å². The predicted octanol–water partition coefficient (Wildman–Crippen LogP) is 5.34. The van der Waals surface area contributed by atoms with Crippen LogP contribution in [0.4, 0.5) is 0 Å². The molecule has 0 amide bonds. The monoisotopic (exact) mass is 390 g/mol. The minimum absolute atomic E-state index is 0.0270. The maximum absolute atomic E-state index is 12.1. The van der Waals surface area contributed by atoms with Crippen LogP contribution in [0.5, 0.6) is 0 Å². The van der Waals surface area contributed by atoms with Crippen LogP contribution >= 0.6 is 58.3 Å². The molecule has 1 aromatic carbocycles. The third-order valence-electron chi connectivity index (χ3n) is 2.51. The number of Topliss-reactive ketones (excluding diaryl/α,β-unsaturated/α-hetero) is 1. The van der Waals surface area contributed by atoms with Gasteiger partial charge in [-0.05, 0) is 31.2 Å². The SMILES string of the molecule is CCOC(=O)c1sc(=S)sc1SCC(=O)c1ccc(Cl)cc1. The highest BCUT2D eigenvalue weighted by molar-refractivity contribution is 8.02. The highest BCUT2D eigenvalue weighted by Crippen LogP contribution is 2.35. The Bertz CT molecular complexity index is 733. The quantitative estimate of drug-likeness (QED) is 0.288. The van der Waals surface area contributed by atoms with Gasteiger partial charge in [0, 0.05) is 10.6 Å². The molecule has 0 aliphatic rings. The Morgan fingerprint density at radius 2 is 1.95 bits per heavy atom. The third-order valence-corrected chi connectivity index (χ3v) is 6.79. The van der Waals surface area contributed by atoms with Gasteiger partial charge in [-0.25, -0.2) is 4.79 Å². The van der Waals surface area contributed by atoms with Crippen LogP contribution in [-0.2, 0) is 4.74 Å². The highest BCUT2D eigenvalue weighted by Gasteiger charge is 2.18. The number of thioether (sulfide) groups is 1. The van der Waals surface area contributed by atoms with Crippen molar-refractivity contribution >= 4 is 70.0 Å². The molecule has 0 bridgehead atoms. The van der Waals surface area contributed by atoms with Gasteiger partial charge in [0.25, 0.3) is 0 Å². The van der Waals surface area contributed by atoms with E-state index >= 15 is 0 Å². The number of carbonyl (C=O) groups excluding carboxylic acids is 2. The Morgan fingerprint density at radius 1 is 1.27 bits per heavy atom. The standard InChI is InChI=1S/C14H11ClO3S4/c1-2-18-12(17)11-13(22-14(19)21-11)20-7-10(16)8-3-5-9(15)6-4-8/h3-6H,2,7H2,1H3. The summed E-state index contributed by atoms with van der Waals surface area (Å²) in [6.07, 6.45) is 0. The normalized spacial score (nSPS) is 10.5. The summed E-state index contributed by atoms with van der Waals surface area (Å²) < 4.78 is 6.38. The average Bonchev–Trinajstić information content (AvgIpc) is 2.87. The second kappa shape index (κ2) is 8.21. The fourth-order valence-electron chi connectivity index (χ4n) is 1.53. The summed E-state index contributed by atoms with van der Waals surface area (Å²) in [7, 11) is 0. The van der Waals surface area contributed by atoms with Gasteiger partial charge in [-0.1, -0.05) is 23.8 Å². The molecule has 0 unspecified atom stereocenters. The Balaban J connectivity index is 2.08. The van der Waals surface area contributed by atoms with Crippen molar-refractivity contribution < 1.29 is 14.3 Å². The van der Waals surface area contributed by atoms with Gasteiger partial charge in [0.1, 0.15) is 8.01 Å². The van der Waals surface area contributed by atoms with Crippen LogP contribution < -0.4 is 0 Å². The first-order valence-electron chi connectivity index (χ1n) is 6.24. The highest BCUT2D eigenvalue weighted by atomic mass is 35.5. The minimum Gasteiger partial charge on any atom is -0.462 e. The Kier molecular flexibility index (Phi) is 6.58. The summed E-state index contributed by atoms with van der Waals surface area (Å²) in [5, 5.41) is 0.588. The molecule has 1 aromatic heterocycles. The van der Waals surface area contributed by atoms with Crippen molar-refractivity contribution in [2.45, 2.75) is 11.1 Å². The van der Waals surface area contributed by atoms with Gasteiger partial charge < -0.3 is 4.74 Å². The fraction of sp³-hybridized carbons (Fsp3) is 0.214. The zero-order valence-corrected chi connectivity index (χ0v) is 15.5.